The molecule has 1 heterocycles. The SMILES string of the molecule is COC(=O)C(=Cc1cc(C)c(O)c(C)c1)c1cc(C)no1. The summed E-state index contributed by atoms with van der Waals surface area (Å²) in [5.41, 5.74) is 3.20. The molecule has 0 radical (unpaired) electrons. The topological polar surface area (TPSA) is 72.6 Å². The first-order valence-corrected chi connectivity index (χ1v) is 6.46. The van der Waals surface area contributed by atoms with Gasteiger partial charge in [0.15, 0.2) is 5.76 Å². The number of aryl methyl sites for hydroxylation is 3. The van der Waals surface area contributed by atoms with Crippen LogP contribution in [0.4, 0.5) is 0 Å². The number of carbonyl (C=O) groups excluding carboxylic acids is 1. The number of methoxy groups -OCH3 is 1. The van der Waals surface area contributed by atoms with Crippen molar-refractivity contribution >= 4 is 17.6 Å². The molecule has 1 aromatic heterocycles. The highest BCUT2D eigenvalue weighted by Crippen LogP contribution is 2.26. The van der Waals surface area contributed by atoms with Crippen molar-refractivity contribution in [2.45, 2.75) is 20.8 Å². The van der Waals surface area contributed by atoms with Gasteiger partial charge in [-0.25, -0.2) is 4.79 Å². The summed E-state index contributed by atoms with van der Waals surface area (Å²) in [6, 6.07) is 5.24. The number of hydrogen-bond acceptors (Lipinski definition) is 5. The Hall–Kier alpha value is -2.56. The fourth-order valence-corrected chi connectivity index (χ4v) is 2.07. The predicted molar refractivity (Wildman–Crippen MR) is 78.7 cm³/mol. The number of phenols is 1. The van der Waals surface area contributed by atoms with Gasteiger partial charge >= 0.3 is 5.97 Å². The molecule has 2 aromatic rings. The van der Waals surface area contributed by atoms with Crippen LogP contribution in [0, 0.1) is 20.8 Å². The first-order valence-electron chi connectivity index (χ1n) is 6.46. The van der Waals surface area contributed by atoms with Gasteiger partial charge in [0.25, 0.3) is 0 Å². The van der Waals surface area contributed by atoms with Crippen LogP contribution >= 0.6 is 0 Å². The molecule has 0 unspecified atom stereocenters. The van der Waals surface area contributed by atoms with Crippen LogP contribution in [0.15, 0.2) is 22.7 Å². The molecule has 0 fully saturated rings. The number of rotatable bonds is 3. The third-order valence-electron chi connectivity index (χ3n) is 3.12. The van der Waals surface area contributed by atoms with Gasteiger partial charge in [-0.05, 0) is 55.7 Å². The van der Waals surface area contributed by atoms with Crippen LogP contribution in [0.1, 0.15) is 28.1 Å². The van der Waals surface area contributed by atoms with E-state index >= 15 is 0 Å². The molecule has 0 saturated carbocycles. The van der Waals surface area contributed by atoms with E-state index in [-0.39, 0.29) is 11.3 Å². The Bertz CT molecular complexity index is 690. The van der Waals surface area contributed by atoms with Gasteiger partial charge in [0, 0.05) is 6.07 Å². The second-order valence-electron chi connectivity index (χ2n) is 4.89. The molecule has 0 aliphatic heterocycles. The average molecular weight is 287 g/mol. The number of esters is 1. The van der Waals surface area contributed by atoms with Gasteiger partial charge in [0.2, 0.25) is 0 Å². The molecule has 21 heavy (non-hydrogen) atoms. The van der Waals surface area contributed by atoms with E-state index in [0.29, 0.717) is 11.5 Å². The molecule has 0 atom stereocenters. The standard InChI is InChI=1S/C16H17NO4/c1-9-5-12(6-10(2)15(9)18)8-13(16(19)20-4)14-7-11(3)17-21-14/h5-8,18H,1-4H3. The molecule has 2 rings (SSSR count). The summed E-state index contributed by atoms with van der Waals surface area (Å²) in [6.45, 7) is 5.38. The van der Waals surface area contributed by atoms with Crippen molar-refractivity contribution in [2.75, 3.05) is 7.11 Å². The molecule has 0 aliphatic rings. The molecule has 0 bridgehead atoms. The van der Waals surface area contributed by atoms with Gasteiger partial charge in [-0.1, -0.05) is 5.16 Å². The quantitative estimate of drug-likeness (QED) is 0.694. The Morgan fingerprint density at radius 2 is 1.86 bits per heavy atom. The largest absolute Gasteiger partial charge is 0.507 e. The lowest BCUT2D eigenvalue weighted by atomic mass is 10.0. The number of aromatic nitrogens is 1. The smallest absolute Gasteiger partial charge is 0.341 e. The molecule has 0 aliphatic carbocycles. The summed E-state index contributed by atoms with van der Waals surface area (Å²) >= 11 is 0. The second kappa shape index (κ2) is 5.83. The number of nitrogens with zero attached hydrogens (tertiary/aromatic N) is 1. The zero-order valence-electron chi connectivity index (χ0n) is 12.4. The van der Waals surface area contributed by atoms with Gasteiger partial charge in [0.1, 0.15) is 11.3 Å². The minimum absolute atomic E-state index is 0.252. The van der Waals surface area contributed by atoms with E-state index in [1.807, 2.05) is 0 Å². The van der Waals surface area contributed by atoms with Crippen LogP contribution in [0.2, 0.25) is 0 Å². The van der Waals surface area contributed by atoms with Gasteiger partial charge in [-0.2, -0.15) is 0 Å². The van der Waals surface area contributed by atoms with Crippen molar-refractivity contribution in [3.63, 3.8) is 0 Å². The Morgan fingerprint density at radius 1 is 1.24 bits per heavy atom. The van der Waals surface area contributed by atoms with Crippen LogP contribution < -0.4 is 0 Å². The van der Waals surface area contributed by atoms with Crippen molar-refractivity contribution in [1.82, 2.24) is 5.16 Å². The lowest BCUT2D eigenvalue weighted by Crippen LogP contribution is -2.03. The van der Waals surface area contributed by atoms with E-state index in [9.17, 15) is 9.90 Å². The lowest BCUT2D eigenvalue weighted by molar-refractivity contribution is -0.133. The first-order chi connectivity index (χ1) is 9.92. The van der Waals surface area contributed by atoms with Crippen LogP contribution in [0.3, 0.4) is 0 Å². The number of carbonyl (C=O) groups is 1. The average Bonchev–Trinajstić information content (AvgIpc) is 2.87. The van der Waals surface area contributed by atoms with Gasteiger partial charge in [-0.15, -0.1) is 0 Å². The van der Waals surface area contributed by atoms with Crippen molar-refractivity contribution in [3.05, 3.63) is 46.3 Å². The summed E-state index contributed by atoms with van der Waals surface area (Å²) in [5, 5.41) is 13.6. The zero-order chi connectivity index (χ0) is 15.6. The molecular weight excluding hydrogens is 270 g/mol. The number of hydrogen-bond donors (Lipinski definition) is 1. The summed E-state index contributed by atoms with van der Waals surface area (Å²) in [4.78, 5) is 11.9. The number of aromatic hydroxyl groups is 1. The van der Waals surface area contributed by atoms with Crippen LogP contribution in [-0.4, -0.2) is 23.3 Å². The number of phenolic OH excluding ortho intramolecular Hbond substituents is 1. The molecule has 5 heteroatoms. The van der Waals surface area contributed by atoms with Gasteiger partial charge in [-0.3, -0.25) is 0 Å². The Kier molecular flexibility index (Phi) is 4.12. The Morgan fingerprint density at radius 3 is 2.33 bits per heavy atom. The molecule has 110 valence electrons. The molecule has 0 saturated heterocycles. The van der Waals surface area contributed by atoms with Crippen molar-refractivity contribution in [3.8, 4) is 5.75 Å². The Balaban J connectivity index is 2.53. The van der Waals surface area contributed by atoms with Crippen molar-refractivity contribution in [2.24, 2.45) is 0 Å². The van der Waals surface area contributed by atoms with Crippen molar-refractivity contribution in [1.29, 1.82) is 0 Å². The van der Waals surface area contributed by atoms with E-state index in [2.05, 4.69) is 5.16 Å². The maximum atomic E-state index is 11.9. The third-order valence-corrected chi connectivity index (χ3v) is 3.12. The molecule has 5 nitrogen and oxygen atoms in total. The highest BCUT2D eigenvalue weighted by Gasteiger charge is 2.17. The van der Waals surface area contributed by atoms with Gasteiger partial charge < -0.3 is 14.4 Å². The molecular formula is C16H17NO4. The predicted octanol–water partition coefficient (Wildman–Crippen LogP) is 3.02. The second-order valence-corrected chi connectivity index (χ2v) is 4.89. The minimum atomic E-state index is -0.505. The number of ether oxygens (including phenoxy) is 1. The molecule has 0 spiro atoms. The maximum absolute atomic E-state index is 11.9. The lowest BCUT2D eigenvalue weighted by Gasteiger charge is -2.06. The van der Waals surface area contributed by atoms with Crippen LogP contribution in [0.25, 0.3) is 11.6 Å². The monoisotopic (exact) mass is 287 g/mol. The van der Waals surface area contributed by atoms with Crippen LogP contribution in [-0.2, 0) is 9.53 Å². The zero-order valence-corrected chi connectivity index (χ0v) is 12.4. The van der Waals surface area contributed by atoms with E-state index < -0.39 is 5.97 Å². The minimum Gasteiger partial charge on any atom is -0.507 e. The van der Waals surface area contributed by atoms with E-state index in [1.165, 1.54) is 7.11 Å². The fourth-order valence-electron chi connectivity index (χ4n) is 2.07. The summed E-state index contributed by atoms with van der Waals surface area (Å²) in [5.74, 6) is 0.0968. The van der Waals surface area contributed by atoms with E-state index in [4.69, 9.17) is 9.26 Å². The van der Waals surface area contributed by atoms with Crippen molar-refractivity contribution < 1.29 is 19.2 Å². The normalized spacial score (nSPS) is 11.5. The van der Waals surface area contributed by atoms with Crippen LogP contribution in [0.5, 0.6) is 5.75 Å². The third kappa shape index (κ3) is 3.13. The summed E-state index contributed by atoms with van der Waals surface area (Å²) in [7, 11) is 1.31. The van der Waals surface area contributed by atoms with Gasteiger partial charge in [0.05, 0.1) is 12.8 Å². The molecule has 0 amide bonds. The molecule has 1 aromatic carbocycles. The highest BCUT2D eigenvalue weighted by molar-refractivity contribution is 6.20. The number of benzene rings is 1. The highest BCUT2D eigenvalue weighted by atomic mass is 16.5. The Labute approximate surface area is 122 Å². The summed E-state index contributed by atoms with van der Waals surface area (Å²) in [6.07, 6.45) is 1.66. The fraction of sp³-hybridized carbons (Fsp3) is 0.250. The summed E-state index contributed by atoms with van der Waals surface area (Å²) < 4.78 is 9.93. The van der Waals surface area contributed by atoms with E-state index in [0.717, 1.165) is 16.7 Å². The molecule has 1 N–H and O–H groups in total. The maximum Gasteiger partial charge on any atom is 0.341 e. The van der Waals surface area contributed by atoms with E-state index in [1.54, 1.807) is 45.0 Å². The first kappa shape index (κ1) is 14.8.